The Bertz CT molecular complexity index is 2630. The van der Waals surface area contributed by atoms with Gasteiger partial charge in [-0.3, -0.25) is 4.79 Å². The lowest BCUT2D eigenvalue weighted by atomic mass is 9.99. The molecule has 0 bridgehead atoms. The van der Waals surface area contributed by atoms with Gasteiger partial charge in [0.2, 0.25) is 0 Å². The van der Waals surface area contributed by atoms with Gasteiger partial charge in [-0.2, -0.15) is 0 Å². The van der Waals surface area contributed by atoms with Gasteiger partial charge in [0.25, 0.3) is 0 Å². The van der Waals surface area contributed by atoms with Gasteiger partial charge in [0.15, 0.2) is 19.1 Å². The first kappa shape index (κ1) is 49.5. The van der Waals surface area contributed by atoms with E-state index >= 15 is 0 Å². The van der Waals surface area contributed by atoms with Crippen molar-refractivity contribution >= 4 is 90.6 Å². The summed E-state index contributed by atoms with van der Waals surface area (Å²) in [6, 6.07) is 11.8. The maximum Gasteiger partial charge on any atom is 0.341 e. The molecule has 10 N–H and O–H groups in total. The summed E-state index contributed by atoms with van der Waals surface area (Å²) in [5.74, 6) is -1.30. The summed E-state index contributed by atoms with van der Waals surface area (Å²) in [7, 11) is 0. The Morgan fingerprint density at radius 2 is 1.31 bits per heavy atom. The molecule has 0 saturated carbocycles. The Balaban J connectivity index is 0.000000189. The quantitative estimate of drug-likeness (QED) is 0.0511. The van der Waals surface area contributed by atoms with E-state index < -0.39 is 73.9 Å². The molecule has 0 spiro atoms. The first-order valence-electron chi connectivity index (χ1n) is 19.2. The largest absolute Gasteiger partial charge is 0.506 e. The summed E-state index contributed by atoms with van der Waals surface area (Å²) in [5, 5.41) is 83.8. The van der Waals surface area contributed by atoms with Crippen LogP contribution in [0.5, 0.6) is 11.5 Å². The number of fused-ring (bicyclic) bond motifs is 2. The lowest BCUT2D eigenvalue weighted by Crippen LogP contribution is -2.34. The van der Waals surface area contributed by atoms with Crippen LogP contribution in [-0.2, 0) is 23.8 Å². The summed E-state index contributed by atoms with van der Waals surface area (Å²) < 4.78 is 24.2. The number of benzene rings is 2. The third kappa shape index (κ3) is 10.9. The standard InChI is InChI=1S/C19H19ClN4O7.C17H15Cl2N3O5.C4H7BrO2/c20-10-2-1-8(5-11(10)30-6-12(25)26)13(27)16-14(28)15(29)19(31-16)24-4-3-9-17(21)22-7-23-18(9)24;18-9-2-1-7(5-10(9)23)11(24)14-12(25)13(26)17(27-14)22-4-3-8-15(19)20-6-21-16(8)22;1-2-7-4(6)3-5/h1-5,7,13-16,19,27-29H,6H2,(H,25,26)(H2,21,22,23);1-6,11-14,17,23-26H;2-3H2,1H3/t13-,14+,15-,16-,19-;11-,12+,13-,14-,17-;/m11./s1. The number of aliphatic hydroxyl groups excluding tert-OH is 6. The van der Waals surface area contributed by atoms with Gasteiger partial charge < -0.3 is 74.7 Å². The molecule has 4 aromatic heterocycles. The third-order valence-corrected chi connectivity index (χ3v) is 11.5. The van der Waals surface area contributed by atoms with Gasteiger partial charge in [0.1, 0.15) is 101 Å². The Morgan fingerprint density at radius 1 is 0.785 bits per heavy atom. The van der Waals surface area contributed by atoms with Crippen molar-refractivity contribution in [1.82, 2.24) is 29.1 Å². The van der Waals surface area contributed by atoms with Gasteiger partial charge in [0.05, 0.1) is 27.4 Å². The van der Waals surface area contributed by atoms with Gasteiger partial charge in [-0.1, -0.05) is 62.9 Å². The van der Waals surface area contributed by atoms with E-state index in [4.69, 9.17) is 59.9 Å². The van der Waals surface area contributed by atoms with Crippen molar-refractivity contribution in [2.75, 3.05) is 24.3 Å². The number of alkyl halides is 1. The van der Waals surface area contributed by atoms with Crippen LogP contribution in [-0.4, -0.2) is 137 Å². The number of esters is 1. The Morgan fingerprint density at radius 3 is 1.83 bits per heavy atom. The fourth-order valence-corrected chi connectivity index (χ4v) is 7.58. The van der Waals surface area contributed by atoms with Crippen LogP contribution >= 0.6 is 50.7 Å². The number of nitrogen functional groups attached to an aromatic ring is 1. The molecule has 8 rings (SSSR count). The molecule has 2 aliphatic rings. The summed E-state index contributed by atoms with van der Waals surface area (Å²) in [6.07, 6.45) is -6.83. The van der Waals surface area contributed by atoms with E-state index in [1.165, 1.54) is 58.2 Å². The smallest absolute Gasteiger partial charge is 0.341 e. The fourth-order valence-electron chi connectivity index (χ4n) is 6.94. The lowest BCUT2D eigenvalue weighted by Gasteiger charge is -2.22. The molecule has 25 heteroatoms. The number of hydrogen-bond acceptors (Lipinski definition) is 18. The van der Waals surface area contributed by atoms with E-state index in [9.17, 15) is 45.3 Å². The Labute approximate surface area is 391 Å². The minimum absolute atomic E-state index is 0.0498. The van der Waals surface area contributed by atoms with Crippen molar-refractivity contribution in [3.05, 3.63) is 99.9 Å². The minimum atomic E-state index is -1.43. The first-order chi connectivity index (χ1) is 31.0. The summed E-state index contributed by atoms with van der Waals surface area (Å²) in [6.45, 7) is 1.62. The molecule has 10 atom stereocenters. The number of aliphatic hydroxyl groups is 6. The Hall–Kier alpha value is -4.95. The van der Waals surface area contributed by atoms with Crippen LogP contribution in [0.4, 0.5) is 5.82 Å². The van der Waals surface area contributed by atoms with Gasteiger partial charge in [-0.25, -0.2) is 24.7 Å². The topological polar surface area (TPSA) is 320 Å². The molecule has 0 amide bonds. The minimum Gasteiger partial charge on any atom is -0.506 e. The number of carbonyl (C=O) groups is 2. The molecule has 0 unspecified atom stereocenters. The second-order valence-corrected chi connectivity index (χ2v) is 15.9. The van der Waals surface area contributed by atoms with E-state index in [2.05, 4.69) is 40.6 Å². The van der Waals surface area contributed by atoms with Crippen LogP contribution in [0.25, 0.3) is 22.1 Å². The molecule has 2 saturated heterocycles. The maximum absolute atomic E-state index is 10.8. The van der Waals surface area contributed by atoms with E-state index in [1.807, 2.05) is 0 Å². The number of anilines is 1. The van der Waals surface area contributed by atoms with Crippen molar-refractivity contribution in [3.63, 3.8) is 0 Å². The van der Waals surface area contributed by atoms with Crippen LogP contribution in [0.2, 0.25) is 15.2 Å². The van der Waals surface area contributed by atoms with Gasteiger partial charge in [-0.05, 0) is 54.4 Å². The highest BCUT2D eigenvalue weighted by Gasteiger charge is 2.49. The molecule has 2 aliphatic heterocycles. The number of carbonyl (C=O) groups excluding carboxylic acids is 1. The molecular formula is C40H41BrCl3N7O14. The second kappa shape index (κ2) is 21.6. The van der Waals surface area contributed by atoms with E-state index in [0.29, 0.717) is 34.0 Å². The molecule has 21 nitrogen and oxygen atoms in total. The van der Waals surface area contributed by atoms with Crippen LogP contribution < -0.4 is 10.5 Å². The number of phenolic OH excluding ortho intramolecular Hbond substituents is 1. The normalized spacial score (nSPS) is 23.6. The van der Waals surface area contributed by atoms with Crippen molar-refractivity contribution < 1.29 is 69.4 Å². The van der Waals surface area contributed by atoms with E-state index in [1.54, 1.807) is 31.5 Å². The van der Waals surface area contributed by atoms with Crippen LogP contribution in [0.1, 0.15) is 42.7 Å². The van der Waals surface area contributed by atoms with Gasteiger partial charge >= 0.3 is 11.9 Å². The predicted octanol–water partition coefficient (Wildman–Crippen LogP) is 3.22. The van der Waals surface area contributed by atoms with E-state index in [0.717, 1.165) is 0 Å². The highest BCUT2D eigenvalue weighted by molar-refractivity contribution is 9.09. The summed E-state index contributed by atoms with van der Waals surface area (Å²) in [4.78, 5) is 37.0. The number of hydrogen-bond donors (Lipinski definition) is 9. The van der Waals surface area contributed by atoms with Gasteiger partial charge in [-0.15, -0.1) is 0 Å². The van der Waals surface area contributed by atoms with Crippen LogP contribution in [0, 0.1) is 0 Å². The molecule has 6 heterocycles. The lowest BCUT2D eigenvalue weighted by molar-refractivity contribution is -0.140. The monoisotopic (exact) mass is 1030 g/mol. The number of carboxylic acid groups (broad SMARTS) is 1. The zero-order chi connectivity index (χ0) is 47.3. The number of halogens is 4. The molecular weight excluding hydrogens is 989 g/mol. The number of aliphatic carboxylic acids is 1. The zero-order valence-electron chi connectivity index (χ0n) is 33.6. The summed E-state index contributed by atoms with van der Waals surface area (Å²) in [5.41, 5.74) is 7.20. The maximum atomic E-state index is 10.8. The van der Waals surface area contributed by atoms with E-state index in [-0.39, 0.29) is 49.6 Å². The van der Waals surface area contributed by atoms with Crippen molar-refractivity contribution in [3.8, 4) is 11.5 Å². The molecule has 65 heavy (non-hydrogen) atoms. The highest BCUT2D eigenvalue weighted by atomic mass is 79.9. The van der Waals surface area contributed by atoms with Crippen molar-refractivity contribution in [2.24, 2.45) is 0 Å². The van der Waals surface area contributed by atoms with Crippen molar-refractivity contribution in [2.45, 2.75) is 68.2 Å². The van der Waals surface area contributed by atoms with Crippen LogP contribution in [0.3, 0.4) is 0 Å². The first-order valence-corrected chi connectivity index (χ1v) is 21.5. The predicted molar refractivity (Wildman–Crippen MR) is 234 cm³/mol. The fraction of sp³-hybridized carbons (Fsp3) is 0.350. The number of ether oxygens (including phenoxy) is 4. The average molecular weight is 1030 g/mol. The highest BCUT2D eigenvalue weighted by Crippen LogP contribution is 2.41. The third-order valence-electron chi connectivity index (χ3n) is 10.1. The number of rotatable bonds is 11. The summed E-state index contributed by atoms with van der Waals surface area (Å²) >= 11 is 20.8. The molecule has 0 aliphatic carbocycles. The molecule has 6 aromatic rings. The number of nitrogens with zero attached hydrogens (tertiary/aromatic N) is 6. The molecule has 0 radical (unpaired) electrons. The second-order valence-electron chi connectivity index (χ2n) is 14.2. The Kier molecular flexibility index (Phi) is 16.4. The number of aromatic hydroxyl groups is 1. The SMILES string of the molecule is CCOC(=O)CBr.Nc1ncnc2c1ccn2[C@@H]1O[C@H]([C@H](O)c2ccc(Cl)c(OCC(=O)O)c2)[C@@H](O)[C@H]1O.Oc1cc([C@@H](O)[C@H]2O[C@@H](n3ccc4c(Cl)ncnc43)[C@H](O)[C@@H]2O)ccc1Cl. The number of nitrogens with two attached hydrogens (primary N) is 1. The van der Waals surface area contributed by atoms with Crippen molar-refractivity contribution in [1.29, 1.82) is 0 Å². The molecule has 2 aromatic carbocycles. The molecule has 348 valence electrons. The molecule has 2 fully saturated rings. The number of carboxylic acids is 1. The van der Waals surface area contributed by atoms with Crippen LogP contribution in [0.15, 0.2) is 73.6 Å². The average Bonchev–Trinajstić information content (AvgIpc) is 4.06. The zero-order valence-corrected chi connectivity index (χ0v) is 37.5. The van der Waals surface area contributed by atoms with Gasteiger partial charge in [0, 0.05) is 12.4 Å². The number of aromatic nitrogens is 6. The number of phenols is 1.